The van der Waals surface area contributed by atoms with Crippen LogP contribution in [0.25, 0.3) is 6.08 Å². The fourth-order valence-corrected chi connectivity index (χ4v) is 6.41. The molecule has 1 unspecified atom stereocenters. The summed E-state index contributed by atoms with van der Waals surface area (Å²) in [5, 5.41) is 26.2. The highest BCUT2D eigenvalue weighted by molar-refractivity contribution is 6.10. The van der Waals surface area contributed by atoms with E-state index < -0.39 is 6.04 Å². The van der Waals surface area contributed by atoms with Gasteiger partial charge in [0.15, 0.2) is 0 Å². The number of nitriles is 2. The normalized spacial score (nSPS) is 23.9. The summed E-state index contributed by atoms with van der Waals surface area (Å²) in [5.74, 6) is 0.990. The number of aryl methyl sites for hydroxylation is 2. The van der Waals surface area contributed by atoms with E-state index in [-0.39, 0.29) is 22.6 Å². The smallest absolute Gasteiger partial charge is 0.278 e. The van der Waals surface area contributed by atoms with Crippen molar-refractivity contribution in [3.05, 3.63) is 58.6 Å². The van der Waals surface area contributed by atoms with Crippen molar-refractivity contribution in [2.45, 2.75) is 58.2 Å². The highest BCUT2D eigenvalue weighted by Crippen LogP contribution is 2.67. The summed E-state index contributed by atoms with van der Waals surface area (Å²) >= 11 is 0. The average Bonchev–Trinajstić information content (AvgIpc) is 3.46. The third-order valence-electron chi connectivity index (χ3n) is 8.24. The molecule has 41 heavy (non-hydrogen) atoms. The molecular formula is C30H30N8O3. The maximum atomic E-state index is 13.8. The topological polar surface area (TPSA) is 142 Å². The molecule has 3 aromatic rings. The van der Waals surface area contributed by atoms with Crippen LogP contribution in [-0.2, 0) is 11.3 Å². The highest BCUT2D eigenvalue weighted by atomic mass is 16.5. The standard InChI is InChI=1S/C30H30N8O3/c1-18-10-21(6-5-7-31)11-19(2)25(18)41-26-23-20(3)38(22-12-33-37(13-22)8-9-40-4)27(39)24(23)34-28(35-26)36-30-14-29(15-30,16-30)17-32/h5-6,10-13,20H,8-9,14-16H2,1-4H3,(H,34,35,36)/b6-5+. The van der Waals surface area contributed by atoms with E-state index in [1.165, 1.54) is 6.08 Å². The molecule has 3 heterocycles. The molecule has 1 aromatic carbocycles. The number of hydrogen-bond acceptors (Lipinski definition) is 9. The van der Waals surface area contributed by atoms with E-state index in [0.29, 0.717) is 42.0 Å². The van der Waals surface area contributed by atoms with E-state index in [0.717, 1.165) is 36.0 Å². The van der Waals surface area contributed by atoms with E-state index in [4.69, 9.17) is 19.7 Å². The second-order valence-corrected chi connectivity index (χ2v) is 11.3. The number of nitrogens with one attached hydrogen (secondary N) is 1. The number of amides is 1. The van der Waals surface area contributed by atoms with E-state index in [2.05, 4.69) is 21.5 Å². The largest absolute Gasteiger partial charge is 0.438 e. The third kappa shape index (κ3) is 4.39. The van der Waals surface area contributed by atoms with Crippen LogP contribution in [0.15, 0.2) is 30.6 Å². The molecule has 208 valence electrons. The van der Waals surface area contributed by atoms with Gasteiger partial charge in [-0.1, -0.05) is 0 Å². The van der Waals surface area contributed by atoms with Gasteiger partial charge < -0.3 is 14.8 Å². The summed E-state index contributed by atoms with van der Waals surface area (Å²) in [4.78, 5) is 25.0. The Balaban J connectivity index is 1.38. The second-order valence-electron chi connectivity index (χ2n) is 11.3. The van der Waals surface area contributed by atoms with E-state index >= 15 is 0 Å². The Labute approximate surface area is 238 Å². The minimum Gasteiger partial charge on any atom is -0.438 e. The van der Waals surface area contributed by atoms with Gasteiger partial charge in [0.25, 0.3) is 5.91 Å². The molecule has 0 saturated heterocycles. The van der Waals surface area contributed by atoms with Crippen LogP contribution in [0.1, 0.15) is 65.0 Å². The fourth-order valence-electron chi connectivity index (χ4n) is 6.41. The van der Waals surface area contributed by atoms with Gasteiger partial charge in [-0.25, -0.2) is 4.98 Å². The number of rotatable bonds is 9. The second kappa shape index (κ2) is 9.72. The molecule has 2 bridgehead atoms. The summed E-state index contributed by atoms with van der Waals surface area (Å²) in [6.45, 7) is 6.86. The molecule has 1 amide bonds. The quantitative estimate of drug-likeness (QED) is 0.370. The maximum absolute atomic E-state index is 13.8. The Morgan fingerprint density at radius 1 is 1.20 bits per heavy atom. The lowest BCUT2D eigenvalue weighted by molar-refractivity contribution is -0.0665. The molecule has 1 atom stereocenters. The zero-order valence-corrected chi connectivity index (χ0v) is 23.4. The molecule has 3 aliphatic carbocycles. The molecule has 0 spiro atoms. The van der Waals surface area contributed by atoms with Crippen molar-refractivity contribution in [1.29, 1.82) is 10.5 Å². The van der Waals surface area contributed by atoms with E-state index in [1.807, 2.05) is 45.2 Å². The summed E-state index contributed by atoms with van der Waals surface area (Å²) in [6, 6.07) is 7.91. The van der Waals surface area contributed by atoms with Gasteiger partial charge in [-0.3, -0.25) is 14.4 Å². The van der Waals surface area contributed by atoms with Crippen LogP contribution in [0, 0.1) is 41.9 Å². The number of benzene rings is 1. The minimum atomic E-state index is -0.406. The highest BCUT2D eigenvalue weighted by Gasteiger charge is 2.69. The number of nitrogens with zero attached hydrogens (tertiary/aromatic N) is 7. The summed E-state index contributed by atoms with van der Waals surface area (Å²) in [6.07, 6.45) is 8.87. The van der Waals surface area contributed by atoms with Gasteiger partial charge >= 0.3 is 0 Å². The maximum Gasteiger partial charge on any atom is 0.278 e. The lowest BCUT2D eigenvalue weighted by Gasteiger charge is -2.66. The first kappa shape index (κ1) is 26.5. The van der Waals surface area contributed by atoms with Crippen LogP contribution in [0.5, 0.6) is 11.6 Å². The van der Waals surface area contributed by atoms with Crippen molar-refractivity contribution < 1.29 is 14.3 Å². The molecule has 2 aromatic heterocycles. The monoisotopic (exact) mass is 550 g/mol. The molecule has 11 heteroatoms. The lowest BCUT2D eigenvalue weighted by Crippen LogP contribution is -2.70. The third-order valence-corrected chi connectivity index (χ3v) is 8.24. The van der Waals surface area contributed by atoms with Crippen molar-refractivity contribution in [1.82, 2.24) is 19.7 Å². The SMILES string of the molecule is COCCn1cc(N2C(=O)c3nc(NC45CC(C#N)(C4)C5)nc(Oc4c(C)cc(/C=C/C#N)cc4C)c3C2C)cn1. The molecular weight excluding hydrogens is 520 g/mol. The predicted molar refractivity (Wildman–Crippen MR) is 150 cm³/mol. The van der Waals surface area contributed by atoms with Crippen molar-refractivity contribution in [3.8, 4) is 23.8 Å². The van der Waals surface area contributed by atoms with Gasteiger partial charge in [0, 0.05) is 24.9 Å². The Kier molecular flexibility index (Phi) is 6.28. The summed E-state index contributed by atoms with van der Waals surface area (Å²) in [5.41, 5.74) is 3.68. The van der Waals surface area contributed by atoms with Gasteiger partial charge in [-0.15, -0.1) is 0 Å². The zero-order valence-electron chi connectivity index (χ0n) is 23.4. The fraction of sp³-hybridized carbons (Fsp3) is 0.400. The van der Waals surface area contributed by atoms with Crippen LogP contribution in [0.4, 0.5) is 11.6 Å². The van der Waals surface area contributed by atoms with Gasteiger partial charge in [-0.05, 0) is 74.9 Å². The number of carbonyl (C=O) groups excluding carboxylic acids is 1. The van der Waals surface area contributed by atoms with E-state index in [1.54, 1.807) is 29.0 Å². The molecule has 11 nitrogen and oxygen atoms in total. The molecule has 3 fully saturated rings. The Bertz CT molecular complexity index is 1630. The van der Waals surface area contributed by atoms with Gasteiger partial charge in [0.1, 0.15) is 11.4 Å². The molecule has 0 radical (unpaired) electrons. The zero-order chi connectivity index (χ0) is 28.9. The van der Waals surface area contributed by atoms with Crippen LogP contribution in [0.2, 0.25) is 0 Å². The van der Waals surface area contributed by atoms with Crippen LogP contribution in [0.3, 0.4) is 0 Å². The number of aromatic nitrogens is 4. The van der Waals surface area contributed by atoms with Crippen LogP contribution < -0.4 is 15.0 Å². The summed E-state index contributed by atoms with van der Waals surface area (Å²) < 4.78 is 13.4. The number of fused-ring (bicyclic) bond motifs is 1. The molecule has 4 aliphatic rings. The molecule has 7 rings (SSSR count). The number of ether oxygens (including phenoxy) is 2. The van der Waals surface area contributed by atoms with Crippen molar-refractivity contribution in [2.75, 3.05) is 23.9 Å². The Morgan fingerprint density at radius 3 is 2.59 bits per heavy atom. The average molecular weight is 551 g/mol. The molecule has 1 aliphatic heterocycles. The number of allylic oxidation sites excluding steroid dienone is 1. The minimum absolute atomic E-state index is 0.225. The summed E-state index contributed by atoms with van der Waals surface area (Å²) in [7, 11) is 1.63. The van der Waals surface area contributed by atoms with Crippen molar-refractivity contribution in [2.24, 2.45) is 5.41 Å². The first-order chi connectivity index (χ1) is 19.7. The Morgan fingerprint density at radius 2 is 1.93 bits per heavy atom. The first-order valence-electron chi connectivity index (χ1n) is 13.5. The van der Waals surface area contributed by atoms with Gasteiger partial charge in [0.2, 0.25) is 11.8 Å². The van der Waals surface area contributed by atoms with Crippen molar-refractivity contribution in [3.63, 3.8) is 0 Å². The Hall–Kier alpha value is -4.74. The van der Waals surface area contributed by atoms with Crippen molar-refractivity contribution >= 4 is 23.6 Å². The van der Waals surface area contributed by atoms with Gasteiger partial charge in [-0.2, -0.15) is 20.6 Å². The lowest BCUT2D eigenvalue weighted by atomic mass is 9.40. The molecule has 1 N–H and O–H groups in total. The van der Waals surface area contributed by atoms with Gasteiger partial charge in [0.05, 0.1) is 54.2 Å². The van der Waals surface area contributed by atoms with Crippen LogP contribution >= 0.6 is 0 Å². The molecule has 3 saturated carbocycles. The van der Waals surface area contributed by atoms with Crippen LogP contribution in [-0.4, -0.2) is 44.9 Å². The first-order valence-corrected chi connectivity index (χ1v) is 13.5. The number of anilines is 2. The number of methoxy groups -OCH3 is 1. The predicted octanol–water partition coefficient (Wildman–Crippen LogP) is 4.85. The number of hydrogen-bond donors (Lipinski definition) is 1. The number of carbonyl (C=O) groups is 1. The van der Waals surface area contributed by atoms with E-state index in [9.17, 15) is 10.1 Å².